The lowest BCUT2D eigenvalue weighted by atomic mass is 10.0. The normalized spacial score (nSPS) is 11.2. The zero-order valence-electron chi connectivity index (χ0n) is 14.6. The van der Waals surface area contributed by atoms with E-state index in [1.54, 1.807) is 48.5 Å². The van der Waals surface area contributed by atoms with Crippen LogP contribution in [0.4, 0.5) is 0 Å². The summed E-state index contributed by atoms with van der Waals surface area (Å²) < 4.78 is 11.9. The van der Waals surface area contributed by atoms with Gasteiger partial charge in [0.2, 0.25) is 5.78 Å². The fourth-order valence-electron chi connectivity index (χ4n) is 2.50. The summed E-state index contributed by atoms with van der Waals surface area (Å²) in [5, 5.41) is 1.36. The number of rotatable bonds is 6. The lowest BCUT2D eigenvalue weighted by Gasteiger charge is -2.30. The minimum Gasteiger partial charge on any atom is -0.444 e. The molecular weight excluding hydrogens is 442 g/mol. The number of carbonyl (C=O) groups is 1. The fourth-order valence-corrected chi connectivity index (χ4v) is 3.39. The molecule has 0 bridgehead atoms. The maximum absolute atomic E-state index is 13.2. The van der Waals surface area contributed by atoms with E-state index in [1.165, 1.54) is 19.1 Å². The Morgan fingerprint density at radius 2 is 1.21 bits per heavy atom. The van der Waals surface area contributed by atoms with E-state index in [2.05, 4.69) is 0 Å². The van der Waals surface area contributed by atoms with E-state index in [0.29, 0.717) is 15.6 Å². The number of ether oxygens (including phenoxy) is 2. The molecule has 0 saturated heterocycles. The van der Waals surface area contributed by atoms with Gasteiger partial charge in [0.25, 0.3) is 0 Å². The topological polar surface area (TPSA) is 35.5 Å². The summed E-state index contributed by atoms with van der Waals surface area (Å²) in [5.74, 6) is -1.69. The van der Waals surface area contributed by atoms with Gasteiger partial charge in [0.05, 0.1) is 10.0 Å². The lowest BCUT2D eigenvalue weighted by molar-refractivity contribution is -0.0654. The van der Waals surface area contributed by atoms with Crippen molar-refractivity contribution in [3.63, 3.8) is 0 Å². The second-order valence-electron chi connectivity index (χ2n) is 5.99. The molecule has 0 radical (unpaired) electrons. The van der Waals surface area contributed by atoms with Crippen molar-refractivity contribution >= 4 is 52.2 Å². The van der Waals surface area contributed by atoms with E-state index >= 15 is 0 Å². The minimum absolute atomic E-state index is 0.239. The molecule has 0 spiro atoms. The van der Waals surface area contributed by atoms with Crippen molar-refractivity contribution in [2.45, 2.75) is 12.7 Å². The Labute approximate surface area is 182 Å². The first-order valence-corrected chi connectivity index (χ1v) is 9.68. The number of Topliss-reactive ketones (excluding diaryl/α,β-unsaturated/α-hetero) is 1. The van der Waals surface area contributed by atoms with E-state index < -0.39 is 11.6 Å². The van der Waals surface area contributed by atoms with Crippen LogP contribution in [0.3, 0.4) is 0 Å². The predicted molar refractivity (Wildman–Crippen MR) is 113 cm³/mol. The summed E-state index contributed by atoms with van der Waals surface area (Å²) in [5.41, 5.74) is 0.403. The van der Waals surface area contributed by atoms with Crippen LogP contribution >= 0.6 is 46.4 Å². The van der Waals surface area contributed by atoms with E-state index in [9.17, 15) is 4.79 Å². The molecule has 3 rings (SSSR count). The summed E-state index contributed by atoms with van der Waals surface area (Å²) in [4.78, 5) is 13.2. The van der Waals surface area contributed by atoms with Gasteiger partial charge in [0.1, 0.15) is 11.5 Å². The van der Waals surface area contributed by atoms with Gasteiger partial charge in [-0.2, -0.15) is 0 Å². The van der Waals surface area contributed by atoms with E-state index in [1.807, 2.05) is 6.07 Å². The van der Waals surface area contributed by atoms with E-state index in [0.717, 1.165) is 0 Å². The number of hydrogen-bond acceptors (Lipinski definition) is 3. The van der Waals surface area contributed by atoms with Gasteiger partial charge >= 0.3 is 5.79 Å². The molecule has 0 atom stereocenters. The van der Waals surface area contributed by atoms with Crippen molar-refractivity contribution in [1.29, 1.82) is 0 Å². The molecular formula is C21H14Cl4O3. The highest BCUT2D eigenvalue weighted by Crippen LogP contribution is 2.35. The molecule has 3 aromatic rings. The van der Waals surface area contributed by atoms with Crippen LogP contribution in [-0.4, -0.2) is 11.6 Å². The van der Waals surface area contributed by atoms with Gasteiger partial charge in [-0.1, -0.05) is 76.7 Å². The highest BCUT2D eigenvalue weighted by atomic mass is 35.5. The largest absolute Gasteiger partial charge is 0.444 e. The highest BCUT2D eigenvalue weighted by Gasteiger charge is 2.40. The minimum atomic E-state index is -1.75. The van der Waals surface area contributed by atoms with Crippen molar-refractivity contribution in [2.24, 2.45) is 0 Å². The average Bonchev–Trinajstić information content (AvgIpc) is 2.66. The monoisotopic (exact) mass is 454 g/mol. The summed E-state index contributed by atoms with van der Waals surface area (Å²) in [6.45, 7) is 1.50. The number of hydrogen-bond donors (Lipinski definition) is 0. The third-order valence-electron chi connectivity index (χ3n) is 3.85. The molecule has 0 aliphatic rings. The average molecular weight is 456 g/mol. The second-order valence-corrected chi connectivity index (χ2v) is 7.68. The Morgan fingerprint density at radius 3 is 1.64 bits per heavy atom. The van der Waals surface area contributed by atoms with Crippen LogP contribution in [0.2, 0.25) is 20.1 Å². The number of halogens is 4. The molecule has 3 nitrogen and oxygen atoms in total. The zero-order chi connectivity index (χ0) is 20.3. The van der Waals surface area contributed by atoms with Gasteiger partial charge in [-0.3, -0.25) is 4.79 Å². The van der Waals surface area contributed by atoms with Crippen LogP contribution in [0.15, 0.2) is 66.7 Å². The molecule has 0 amide bonds. The van der Waals surface area contributed by atoms with Gasteiger partial charge in [-0.15, -0.1) is 0 Å². The Bertz CT molecular complexity index is 952. The first-order chi connectivity index (χ1) is 13.3. The molecule has 0 N–H and O–H groups in total. The third-order valence-corrected chi connectivity index (χ3v) is 4.91. The molecule has 0 aromatic heterocycles. The zero-order valence-corrected chi connectivity index (χ0v) is 17.6. The number of ketones is 1. The van der Waals surface area contributed by atoms with Crippen molar-refractivity contribution in [3.05, 3.63) is 92.4 Å². The Morgan fingerprint density at radius 1 is 0.750 bits per heavy atom. The first-order valence-electron chi connectivity index (χ1n) is 8.16. The maximum Gasteiger partial charge on any atom is 0.313 e. The summed E-state index contributed by atoms with van der Waals surface area (Å²) in [7, 11) is 0. The quantitative estimate of drug-likeness (QED) is 0.287. The predicted octanol–water partition coefficient (Wildman–Crippen LogP) is 7.36. The SMILES string of the molecule is CC(Oc1ccc(Cl)cc1Cl)(Oc1ccc(Cl)cc1Cl)C(=O)c1ccccc1. The van der Waals surface area contributed by atoms with Crippen molar-refractivity contribution in [3.8, 4) is 11.5 Å². The Hall–Kier alpha value is -1.91. The van der Waals surface area contributed by atoms with Gasteiger partial charge < -0.3 is 9.47 Å². The maximum atomic E-state index is 13.2. The second kappa shape index (κ2) is 8.62. The highest BCUT2D eigenvalue weighted by molar-refractivity contribution is 6.36. The molecule has 0 heterocycles. The number of carbonyl (C=O) groups excluding carboxylic acids is 1. The van der Waals surface area contributed by atoms with Crippen LogP contribution in [-0.2, 0) is 0 Å². The Kier molecular flexibility index (Phi) is 6.41. The Balaban J connectivity index is 2.03. The van der Waals surface area contributed by atoms with Gasteiger partial charge in [-0.25, -0.2) is 0 Å². The molecule has 0 fully saturated rings. The van der Waals surface area contributed by atoms with Crippen molar-refractivity contribution in [1.82, 2.24) is 0 Å². The third kappa shape index (κ3) is 4.73. The summed E-state index contributed by atoms with van der Waals surface area (Å²) in [6.07, 6.45) is 0. The molecule has 3 aromatic carbocycles. The summed E-state index contributed by atoms with van der Waals surface area (Å²) in [6, 6.07) is 18.0. The molecule has 0 aliphatic heterocycles. The fraction of sp³-hybridized carbons (Fsp3) is 0.0952. The van der Waals surface area contributed by atoms with Crippen LogP contribution in [0.25, 0.3) is 0 Å². The first kappa shape index (κ1) is 20.8. The van der Waals surface area contributed by atoms with E-state index in [-0.39, 0.29) is 21.5 Å². The van der Waals surface area contributed by atoms with Crippen molar-refractivity contribution < 1.29 is 14.3 Å². The molecule has 0 unspecified atom stereocenters. The molecule has 0 saturated carbocycles. The smallest absolute Gasteiger partial charge is 0.313 e. The van der Waals surface area contributed by atoms with Gasteiger partial charge in [-0.05, 0) is 36.4 Å². The van der Waals surface area contributed by atoms with Crippen LogP contribution in [0, 0.1) is 0 Å². The summed E-state index contributed by atoms with van der Waals surface area (Å²) >= 11 is 24.3. The van der Waals surface area contributed by atoms with Gasteiger partial charge in [0, 0.05) is 22.5 Å². The van der Waals surface area contributed by atoms with Crippen LogP contribution in [0.1, 0.15) is 17.3 Å². The van der Waals surface area contributed by atoms with E-state index in [4.69, 9.17) is 55.9 Å². The lowest BCUT2D eigenvalue weighted by Crippen LogP contribution is -2.47. The van der Waals surface area contributed by atoms with Crippen LogP contribution in [0.5, 0.6) is 11.5 Å². The molecule has 7 heteroatoms. The molecule has 144 valence electrons. The number of benzene rings is 3. The molecule has 0 aliphatic carbocycles. The molecule has 28 heavy (non-hydrogen) atoms. The van der Waals surface area contributed by atoms with Crippen molar-refractivity contribution in [2.75, 3.05) is 0 Å². The van der Waals surface area contributed by atoms with Gasteiger partial charge in [0.15, 0.2) is 0 Å². The standard InChI is InChI=1S/C21H14Cl4O3/c1-21(20(26)13-5-3-2-4-6-13,27-18-9-7-14(22)11-16(18)24)28-19-10-8-15(23)12-17(19)25/h2-12H,1H3. The van der Waals surface area contributed by atoms with Crippen LogP contribution < -0.4 is 9.47 Å².